The lowest BCUT2D eigenvalue weighted by Gasteiger charge is -2.09. The first-order valence-corrected chi connectivity index (χ1v) is 7.87. The Kier molecular flexibility index (Phi) is 3.76. The van der Waals surface area contributed by atoms with Crippen molar-refractivity contribution in [2.75, 3.05) is 5.32 Å². The minimum absolute atomic E-state index is 0.933. The average Bonchev–Trinajstić information content (AvgIpc) is 2.92. The van der Waals surface area contributed by atoms with Crippen molar-refractivity contribution in [2.45, 2.75) is 20.8 Å². The van der Waals surface area contributed by atoms with Gasteiger partial charge in [0.05, 0.1) is 5.69 Å². The number of nitrogens with one attached hydrogen (secondary N) is 1. The van der Waals surface area contributed by atoms with Gasteiger partial charge in [-0.25, -0.2) is 4.98 Å². The van der Waals surface area contributed by atoms with Gasteiger partial charge >= 0.3 is 0 Å². The van der Waals surface area contributed by atoms with Crippen LogP contribution in [-0.4, -0.2) is 4.98 Å². The van der Waals surface area contributed by atoms with E-state index in [-0.39, 0.29) is 0 Å². The first kappa shape index (κ1) is 13.8. The molecular formula is C18H18N2S. The average molecular weight is 294 g/mol. The number of aromatic nitrogens is 1. The monoisotopic (exact) mass is 294 g/mol. The molecular weight excluding hydrogens is 276 g/mol. The highest BCUT2D eigenvalue weighted by Crippen LogP contribution is 2.29. The molecule has 1 N–H and O–H groups in total. The third-order valence-electron chi connectivity index (χ3n) is 3.56. The Labute approximate surface area is 129 Å². The molecule has 1 aromatic heterocycles. The second-order valence-electron chi connectivity index (χ2n) is 5.30. The van der Waals surface area contributed by atoms with E-state index in [1.54, 1.807) is 11.3 Å². The summed E-state index contributed by atoms with van der Waals surface area (Å²) in [5.41, 5.74) is 7.08. The molecule has 3 heteroatoms. The Morgan fingerprint density at radius 1 is 0.905 bits per heavy atom. The van der Waals surface area contributed by atoms with Crippen LogP contribution in [0.2, 0.25) is 0 Å². The van der Waals surface area contributed by atoms with Gasteiger partial charge < -0.3 is 5.32 Å². The van der Waals surface area contributed by atoms with Crippen LogP contribution in [0.4, 0.5) is 10.8 Å². The second kappa shape index (κ2) is 5.70. The largest absolute Gasteiger partial charge is 0.331 e. The molecule has 0 spiro atoms. The van der Waals surface area contributed by atoms with E-state index in [0.29, 0.717) is 0 Å². The van der Waals surface area contributed by atoms with E-state index in [4.69, 9.17) is 4.98 Å². The van der Waals surface area contributed by atoms with Crippen molar-refractivity contribution in [2.24, 2.45) is 0 Å². The van der Waals surface area contributed by atoms with Gasteiger partial charge in [-0.2, -0.15) is 0 Å². The molecule has 0 radical (unpaired) electrons. The molecule has 2 nitrogen and oxygen atoms in total. The molecule has 0 aliphatic heterocycles. The van der Waals surface area contributed by atoms with E-state index in [1.165, 1.54) is 16.7 Å². The molecule has 0 unspecified atom stereocenters. The number of para-hydroxylation sites is 1. The summed E-state index contributed by atoms with van der Waals surface area (Å²) in [4.78, 5) is 4.70. The Bertz CT molecular complexity index is 737. The highest BCUT2D eigenvalue weighted by molar-refractivity contribution is 7.14. The zero-order chi connectivity index (χ0) is 14.8. The normalized spacial score (nSPS) is 10.6. The lowest BCUT2D eigenvalue weighted by molar-refractivity contribution is 1.32. The highest BCUT2D eigenvalue weighted by Gasteiger charge is 2.07. The van der Waals surface area contributed by atoms with E-state index in [0.717, 1.165) is 22.1 Å². The molecule has 0 aliphatic carbocycles. The molecule has 0 amide bonds. The third kappa shape index (κ3) is 2.98. The highest BCUT2D eigenvalue weighted by atomic mass is 32.1. The van der Waals surface area contributed by atoms with E-state index >= 15 is 0 Å². The zero-order valence-corrected chi connectivity index (χ0v) is 13.3. The Hall–Kier alpha value is -2.13. The van der Waals surface area contributed by atoms with Gasteiger partial charge in [0.15, 0.2) is 5.13 Å². The van der Waals surface area contributed by atoms with E-state index < -0.39 is 0 Å². The standard InChI is InChI=1S/C18H18N2S/c1-12-7-9-15(10-8-12)16-11-21-18(19-16)20-17-13(2)5-4-6-14(17)3/h4-11H,1-3H3,(H,19,20). The van der Waals surface area contributed by atoms with Crippen molar-refractivity contribution in [3.8, 4) is 11.3 Å². The topological polar surface area (TPSA) is 24.9 Å². The van der Waals surface area contributed by atoms with Crippen LogP contribution in [0.5, 0.6) is 0 Å². The van der Waals surface area contributed by atoms with Crippen LogP contribution in [-0.2, 0) is 0 Å². The molecule has 0 saturated carbocycles. The molecule has 3 rings (SSSR count). The smallest absolute Gasteiger partial charge is 0.187 e. The molecule has 0 bridgehead atoms. The summed E-state index contributed by atoms with van der Waals surface area (Å²) in [6.45, 7) is 6.33. The van der Waals surface area contributed by atoms with Crippen LogP contribution in [0.25, 0.3) is 11.3 Å². The SMILES string of the molecule is Cc1ccc(-c2csc(Nc3c(C)cccc3C)n2)cc1. The maximum Gasteiger partial charge on any atom is 0.187 e. The first-order valence-electron chi connectivity index (χ1n) is 6.99. The summed E-state index contributed by atoms with van der Waals surface area (Å²) in [5, 5.41) is 6.48. The second-order valence-corrected chi connectivity index (χ2v) is 6.15. The van der Waals surface area contributed by atoms with Gasteiger partial charge in [0.1, 0.15) is 0 Å². The van der Waals surface area contributed by atoms with Crippen molar-refractivity contribution in [1.82, 2.24) is 4.98 Å². The summed E-state index contributed by atoms with van der Waals surface area (Å²) in [7, 11) is 0. The number of hydrogen-bond donors (Lipinski definition) is 1. The van der Waals surface area contributed by atoms with Crippen molar-refractivity contribution < 1.29 is 0 Å². The number of benzene rings is 2. The van der Waals surface area contributed by atoms with Crippen LogP contribution in [0.3, 0.4) is 0 Å². The van der Waals surface area contributed by atoms with Crippen LogP contribution < -0.4 is 5.32 Å². The van der Waals surface area contributed by atoms with Gasteiger partial charge in [0.2, 0.25) is 0 Å². The lowest BCUT2D eigenvalue weighted by Crippen LogP contribution is -1.95. The number of hydrogen-bond acceptors (Lipinski definition) is 3. The molecule has 0 aliphatic rings. The lowest BCUT2D eigenvalue weighted by atomic mass is 10.1. The maximum atomic E-state index is 4.70. The molecule has 21 heavy (non-hydrogen) atoms. The van der Waals surface area contributed by atoms with Crippen molar-refractivity contribution in [3.05, 3.63) is 64.5 Å². The Morgan fingerprint density at radius 3 is 2.24 bits per heavy atom. The number of thiazole rings is 1. The van der Waals surface area contributed by atoms with Crippen molar-refractivity contribution >= 4 is 22.2 Å². The van der Waals surface area contributed by atoms with Gasteiger partial charge in [-0.15, -0.1) is 11.3 Å². The maximum absolute atomic E-state index is 4.70. The number of anilines is 2. The van der Waals surface area contributed by atoms with E-state index in [1.807, 2.05) is 0 Å². The van der Waals surface area contributed by atoms with Crippen LogP contribution in [0, 0.1) is 20.8 Å². The van der Waals surface area contributed by atoms with Gasteiger partial charge in [-0.3, -0.25) is 0 Å². The molecule has 3 aromatic rings. The predicted octanol–water partition coefficient (Wildman–Crippen LogP) is 5.48. The van der Waals surface area contributed by atoms with Crippen molar-refractivity contribution in [3.63, 3.8) is 0 Å². The number of rotatable bonds is 3. The molecule has 2 aromatic carbocycles. The van der Waals surface area contributed by atoms with Crippen LogP contribution in [0.1, 0.15) is 16.7 Å². The van der Waals surface area contributed by atoms with Gasteiger partial charge in [-0.1, -0.05) is 48.0 Å². The fraction of sp³-hybridized carbons (Fsp3) is 0.167. The van der Waals surface area contributed by atoms with Gasteiger partial charge in [0.25, 0.3) is 0 Å². The Balaban J connectivity index is 1.87. The van der Waals surface area contributed by atoms with Crippen LogP contribution in [0.15, 0.2) is 47.8 Å². The fourth-order valence-electron chi connectivity index (χ4n) is 2.31. The predicted molar refractivity (Wildman–Crippen MR) is 91.5 cm³/mol. The summed E-state index contributed by atoms with van der Waals surface area (Å²) >= 11 is 1.64. The van der Waals surface area contributed by atoms with Crippen molar-refractivity contribution in [1.29, 1.82) is 0 Å². The molecule has 0 atom stereocenters. The molecule has 106 valence electrons. The van der Waals surface area contributed by atoms with E-state index in [2.05, 4.69) is 73.9 Å². The molecule has 0 fully saturated rings. The van der Waals surface area contributed by atoms with Crippen LogP contribution >= 0.6 is 11.3 Å². The number of aryl methyl sites for hydroxylation is 3. The van der Waals surface area contributed by atoms with Gasteiger partial charge in [-0.05, 0) is 31.9 Å². The summed E-state index contributed by atoms with van der Waals surface area (Å²) in [6.07, 6.45) is 0. The van der Waals surface area contributed by atoms with Gasteiger partial charge in [0, 0.05) is 16.6 Å². The molecule has 0 saturated heterocycles. The molecule has 1 heterocycles. The minimum atomic E-state index is 0.933. The quantitative estimate of drug-likeness (QED) is 0.692. The third-order valence-corrected chi connectivity index (χ3v) is 4.32. The Morgan fingerprint density at radius 2 is 1.57 bits per heavy atom. The number of nitrogens with zero attached hydrogens (tertiary/aromatic N) is 1. The summed E-state index contributed by atoms with van der Waals surface area (Å²) in [6, 6.07) is 14.8. The first-order chi connectivity index (χ1) is 10.1. The fourth-order valence-corrected chi connectivity index (χ4v) is 3.03. The zero-order valence-electron chi connectivity index (χ0n) is 12.5. The summed E-state index contributed by atoms with van der Waals surface area (Å²) in [5.74, 6) is 0. The summed E-state index contributed by atoms with van der Waals surface area (Å²) < 4.78 is 0. The minimum Gasteiger partial charge on any atom is -0.331 e. The van der Waals surface area contributed by atoms with E-state index in [9.17, 15) is 0 Å².